The molecule has 32 heavy (non-hydrogen) atoms. The van der Waals surface area contributed by atoms with Gasteiger partial charge in [-0.1, -0.05) is 50.7 Å². The fourth-order valence-corrected chi connectivity index (χ4v) is 7.42. The molecule has 0 N–H and O–H groups in total. The van der Waals surface area contributed by atoms with E-state index < -0.39 is 0 Å². The molecule has 0 spiro atoms. The fourth-order valence-electron chi connectivity index (χ4n) is 4.46. The number of benzene rings is 1. The van der Waals surface area contributed by atoms with Crippen LogP contribution in [0.1, 0.15) is 48.3 Å². The molecule has 1 aliphatic carbocycles. The number of fused-ring (bicyclic) bond motifs is 3. The second kappa shape index (κ2) is 8.43. The minimum atomic E-state index is 0.0601. The molecule has 0 amide bonds. The third kappa shape index (κ3) is 4.06. The van der Waals surface area contributed by atoms with E-state index in [0.717, 1.165) is 51.0 Å². The van der Waals surface area contributed by atoms with E-state index in [1.807, 2.05) is 37.3 Å². The molecule has 1 atom stereocenters. The third-order valence-electron chi connectivity index (χ3n) is 6.31. The minimum absolute atomic E-state index is 0.0601. The van der Waals surface area contributed by atoms with Crippen molar-refractivity contribution in [3.05, 3.63) is 67.2 Å². The number of aryl methyl sites for hydroxylation is 2. The summed E-state index contributed by atoms with van der Waals surface area (Å²) in [5.74, 6) is 1.34. The van der Waals surface area contributed by atoms with Crippen molar-refractivity contribution in [1.82, 2.24) is 14.5 Å². The molecule has 0 saturated heterocycles. The lowest BCUT2D eigenvalue weighted by atomic mass is 9.72. The van der Waals surface area contributed by atoms with Crippen LogP contribution in [-0.2, 0) is 18.6 Å². The maximum absolute atomic E-state index is 13.9. The molecule has 4 aromatic rings. The normalized spacial score (nSPS) is 16.4. The molecule has 3 aromatic heterocycles. The standard InChI is InChI=1S/C25H27N3OS3/c1-15-26-17(13-30-15)14-31-24-27-22-21(23(29)28(24)18-8-6-5-7-9-18)19-11-10-16(25(2,3)4)12-20(19)32-22/h5-9,13,16H,10-12,14H2,1-4H3/t16-/m0/s1. The summed E-state index contributed by atoms with van der Waals surface area (Å²) in [6.45, 7) is 8.99. The highest BCUT2D eigenvalue weighted by Crippen LogP contribution is 2.42. The van der Waals surface area contributed by atoms with Gasteiger partial charge in [0, 0.05) is 16.0 Å². The Bertz CT molecular complexity index is 1330. The molecule has 4 nitrogen and oxygen atoms in total. The molecule has 1 aliphatic rings. The first kappa shape index (κ1) is 21.9. The van der Waals surface area contributed by atoms with Crippen LogP contribution in [0.3, 0.4) is 0 Å². The summed E-state index contributed by atoms with van der Waals surface area (Å²) >= 11 is 4.97. The van der Waals surface area contributed by atoms with Gasteiger partial charge in [-0.2, -0.15) is 0 Å². The zero-order valence-electron chi connectivity index (χ0n) is 18.8. The highest BCUT2D eigenvalue weighted by Gasteiger charge is 2.32. The zero-order chi connectivity index (χ0) is 22.5. The number of thiazole rings is 1. The topological polar surface area (TPSA) is 47.8 Å². The van der Waals surface area contributed by atoms with Crippen LogP contribution in [0, 0.1) is 18.3 Å². The van der Waals surface area contributed by atoms with Crippen molar-refractivity contribution in [3.8, 4) is 5.69 Å². The Morgan fingerprint density at radius 3 is 2.66 bits per heavy atom. The van der Waals surface area contributed by atoms with Crippen LogP contribution < -0.4 is 5.56 Å². The van der Waals surface area contributed by atoms with Crippen molar-refractivity contribution >= 4 is 44.7 Å². The van der Waals surface area contributed by atoms with Gasteiger partial charge < -0.3 is 0 Å². The van der Waals surface area contributed by atoms with Crippen molar-refractivity contribution in [2.75, 3.05) is 0 Å². The summed E-state index contributed by atoms with van der Waals surface area (Å²) in [6, 6.07) is 9.90. The maximum Gasteiger partial charge on any atom is 0.267 e. The van der Waals surface area contributed by atoms with Crippen LogP contribution in [0.5, 0.6) is 0 Å². The van der Waals surface area contributed by atoms with Gasteiger partial charge >= 0.3 is 0 Å². The van der Waals surface area contributed by atoms with Gasteiger partial charge in [0.1, 0.15) is 4.83 Å². The summed E-state index contributed by atoms with van der Waals surface area (Å²) in [5.41, 5.74) is 3.47. The van der Waals surface area contributed by atoms with Crippen molar-refractivity contribution in [2.45, 2.75) is 57.9 Å². The number of hydrogen-bond acceptors (Lipinski definition) is 6. The number of thioether (sulfide) groups is 1. The van der Waals surface area contributed by atoms with E-state index in [1.165, 1.54) is 10.4 Å². The van der Waals surface area contributed by atoms with Crippen molar-refractivity contribution in [3.63, 3.8) is 0 Å². The van der Waals surface area contributed by atoms with Crippen molar-refractivity contribution < 1.29 is 0 Å². The van der Waals surface area contributed by atoms with Gasteiger partial charge in [0.15, 0.2) is 5.16 Å². The van der Waals surface area contributed by atoms with E-state index in [-0.39, 0.29) is 11.0 Å². The van der Waals surface area contributed by atoms with Gasteiger partial charge in [0.05, 0.1) is 21.8 Å². The van der Waals surface area contributed by atoms with Gasteiger partial charge in [-0.3, -0.25) is 9.36 Å². The number of thiophene rings is 1. The lowest BCUT2D eigenvalue weighted by molar-refractivity contribution is 0.218. The summed E-state index contributed by atoms with van der Waals surface area (Å²) in [7, 11) is 0. The molecular formula is C25H27N3OS3. The predicted molar refractivity (Wildman–Crippen MR) is 137 cm³/mol. The Labute approximate surface area is 200 Å². The first-order chi connectivity index (χ1) is 15.3. The molecule has 0 bridgehead atoms. The van der Waals surface area contributed by atoms with Crippen LogP contribution in [0.15, 0.2) is 45.7 Å². The Hall–Kier alpha value is -1.96. The van der Waals surface area contributed by atoms with Gasteiger partial charge in [0.2, 0.25) is 0 Å². The molecule has 0 unspecified atom stereocenters. The molecule has 166 valence electrons. The highest BCUT2D eigenvalue weighted by molar-refractivity contribution is 7.98. The summed E-state index contributed by atoms with van der Waals surface area (Å²) in [4.78, 5) is 25.8. The summed E-state index contributed by atoms with van der Waals surface area (Å²) in [6.07, 6.45) is 3.14. The Balaban J connectivity index is 1.63. The molecule has 0 aliphatic heterocycles. The molecule has 3 heterocycles. The maximum atomic E-state index is 13.9. The third-order valence-corrected chi connectivity index (χ3v) is 9.25. The number of aromatic nitrogens is 3. The molecule has 0 fully saturated rings. The molecule has 7 heteroatoms. The molecule has 0 saturated carbocycles. The Morgan fingerprint density at radius 1 is 1.19 bits per heavy atom. The molecule has 5 rings (SSSR count). The molecule has 0 radical (unpaired) electrons. The fraction of sp³-hybridized carbons (Fsp3) is 0.400. The van der Waals surface area contributed by atoms with Gasteiger partial charge in [0.25, 0.3) is 5.56 Å². The van der Waals surface area contributed by atoms with Gasteiger partial charge in [-0.15, -0.1) is 22.7 Å². The van der Waals surface area contributed by atoms with Crippen LogP contribution in [0.25, 0.3) is 15.9 Å². The number of hydrogen-bond donors (Lipinski definition) is 0. The Morgan fingerprint density at radius 2 is 1.97 bits per heavy atom. The van der Waals surface area contributed by atoms with E-state index in [0.29, 0.717) is 11.7 Å². The second-order valence-corrected chi connectivity index (χ2v) is 12.6. The summed E-state index contributed by atoms with van der Waals surface area (Å²) < 4.78 is 1.80. The summed E-state index contributed by atoms with van der Waals surface area (Å²) in [5, 5.41) is 4.71. The number of rotatable bonds is 4. The van der Waals surface area contributed by atoms with E-state index in [4.69, 9.17) is 4.98 Å². The molecular weight excluding hydrogens is 454 g/mol. The van der Waals surface area contributed by atoms with Crippen LogP contribution in [-0.4, -0.2) is 14.5 Å². The Kier molecular flexibility index (Phi) is 5.76. The monoisotopic (exact) mass is 481 g/mol. The van der Waals surface area contributed by atoms with E-state index in [2.05, 4.69) is 31.1 Å². The molecule has 1 aromatic carbocycles. The van der Waals surface area contributed by atoms with Crippen molar-refractivity contribution in [1.29, 1.82) is 0 Å². The van der Waals surface area contributed by atoms with Crippen LogP contribution in [0.4, 0.5) is 0 Å². The second-order valence-electron chi connectivity index (χ2n) is 9.51. The van der Waals surface area contributed by atoms with E-state index in [1.54, 1.807) is 39.0 Å². The van der Waals surface area contributed by atoms with Crippen LogP contribution >= 0.6 is 34.4 Å². The highest BCUT2D eigenvalue weighted by atomic mass is 32.2. The van der Waals surface area contributed by atoms with Gasteiger partial charge in [-0.05, 0) is 55.2 Å². The minimum Gasteiger partial charge on any atom is -0.268 e. The first-order valence-corrected chi connectivity index (χ1v) is 13.7. The predicted octanol–water partition coefficient (Wildman–Crippen LogP) is 6.66. The zero-order valence-corrected chi connectivity index (χ0v) is 21.3. The first-order valence-electron chi connectivity index (χ1n) is 11.0. The lowest BCUT2D eigenvalue weighted by Gasteiger charge is -2.33. The van der Waals surface area contributed by atoms with E-state index >= 15 is 0 Å². The SMILES string of the molecule is Cc1nc(CSc2nc3sc4c(c3c(=O)n2-c2ccccc2)CC[C@H](C(C)(C)C)C4)cs1. The van der Waals surface area contributed by atoms with Crippen molar-refractivity contribution in [2.24, 2.45) is 11.3 Å². The largest absolute Gasteiger partial charge is 0.268 e. The number of nitrogens with zero attached hydrogens (tertiary/aromatic N) is 3. The quantitative estimate of drug-likeness (QED) is 0.242. The lowest BCUT2D eigenvalue weighted by Crippen LogP contribution is -2.27. The van der Waals surface area contributed by atoms with E-state index in [9.17, 15) is 4.79 Å². The van der Waals surface area contributed by atoms with Crippen LogP contribution in [0.2, 0.25) is 0 Å². The average Bonchev–Trinajstić information content (AvgIpc) is 3.34. The number of para-hydroxylation sites is 1. The smallest absolute Gasteiger partial charge is 0.267 e. The average molecular weight is 482 g/mol. The van der Waals surface area contributed by atoms with Gasteiger partial charge in [-0.25, -0.2) is 9.97 Å².